The van der Waals surface area contributed by atoms with Crippen molar-refractivity contribution in [3.05, 3.63) is 138 Å². The molecule has 26 nitrogen and oxygen atoms in total. The van der Waals surface area contributed by atoms with Gasteiger partial charge in [-0.05, 0) is 97.1 Å². The molecule has 2 aromatic heterocycles. The van der Waals surface area contributed by atoms with Gasteiger partial charge in [0, 0.05) is 53.0 Å². The average molecular weight is 1250 g/mol. The predicted molar refractivity (Wildman–Crippen MR) is 323 cm³/mol. The first-order valence-corrected chi connectivity index (χ1v) is 28.8. The van der Waals surface area contributed by atoms with Gasteiger partial charge in [-0.3, -0.25) is 33.9 Å². The first-order valence-electron chi connectivity index (χ1n) is 28.8. The van der Waals surface area contributed by atoms with Crippen LogP contribution in [-0.2, 0) is 60.8 Å². The molecule has 28 heteroatoms. The number of aromatic amines is 1. The van der Waals surface area contributed by atoms with E-state index in [4.69, 9.17) is 39.1 Å². The van der Waals surface area contributed by atoms with E-state index in [2.05, 4.69) is 41.9 Å². The Bertz CT molecular complexity index is 3460. The van der Waals surface area contributed by atoms with E-state index >= 15 is 0 Å². The van der Waals surface area contributed by atoms with Crippen LogP contribution in [-0.4, -0.2) is 164 Å². The fourth-order valence-corrected chi connectivity index (χ4v) is 8.86. The summed E-state index contributed by atoms with van der Waals surface area (Å²) >= 11 is 0. The maximum atomic E-state index is 14.0. The largest absolute Gasteiger partial charge is 0.490 e. The highest BCUT2D eigenvalue weighted by atomic mass is 19.1. The lowest BCUT2D eigenvalue weighted by Crippen LogP contribution is -2.54. The van der Waals surface area contributed by atoms with E-state index in [1.54, 1.807) is 62.5 Å². The minimum absolute atomic E-state index is 0.0525. The maximum Gasteiger partial charge on any atom is 0.407 e. The lowest BCUT2D eigenvalue weighted by Gasteiger charge is -2.25. The number of primary amides is 1. The third-order valence-corrected chi connectivity index (χ3v) is 13.5. The Morgan fingerprint density at radius 3 is 2.07 bits per heavy atom. The normalized spacial score (nSPS) is 12.6. The van der Waals surface area contributed by atoms with Crippen molar-refractivity contribution in [3.63, 3.8) is 0 Å². The molecule has 3 heterocycles. The summed E-state index contributed by atoms with van der Waals surface area (Å²) in [5.74, 6) is -4.54. The molecule has 478 valence electrons. The zero-order valence-corrected chi connectivity index (χ0v) is 49.5. The van der Waals surface area contributed by atoms with Crippen molar-refractivity contribution in [1.82, 2.24) is 41.1 Å². The van der Waals surface area contributed by atoms with Gasteiger partial charge in [-0.1, -0.05) is 32.0 Å². The quantitative estimate of drug-likeness (QED) is 0.0170. The van der Waals surface area contributed by atoms with Crippen LogP contribution in [0.25, 0.3) is 33.4 Å². The van der Waals surface area contributed by atoms with Crippen LogP contribution < -0.4 is 42.4 Å². The van der Waals surface area contributed by atoms with Crippen LogP contribution in [0.5, 0.6) is 5.75 Å². The maximum absolute atomic E-state index is 14.0. The molecule has 1 aliphatic heterocycles. The summed E-state index contributed by atoms with van der Waals surface area (Å²) in [7, 11) is 0. The molecule has 0 aliphatic carbocycles. The molecule has 0 spiro atoms. The van der Waals surface area contributed by atoms with Gasteiger partial charge < -0.3 is 76.1 Å². The second-order valence-corrected chi connectivity index (χ2v) is 20.5. The molecule has 6 aromatic rings. The van der Waals surface area contributed by atoms with Gasteiger partial charge in [0.15, 0.2) is 0 Å². The Labute approximate surface area is 515 Å². The third-order valence-electron chi connectivity index (χ3n) is 13.5. The molecule has 0 saturated heterocycles. The van der Waals surface area contributed by atoms with Crippen molar-refractivity contribution in [3.8, 4) is 28.3 Å². The molecule has 8 amide bonds. The molecule has 4 aromatic carbocycles. The van der Waals surface area contributed by atoms with Crippen LogP contribution in [0.4, 0.5) is 29.7 Å². The smallest absolute Gasteiger partial charge is 0.407 e. The zero-order chi connectivity index (χ0) is 64.4. The minimum atomic E-state index is -1.40. The predicted octanol–water partition coefficient (Wildman–Crippen LogP) is 5.58. The number of aromatic nitrogens is 3. The molecule has 90 heavy (non-hydrogen) atoms. The number of amides is 8. The van der Waals surface area contributed by atoms with Crippen molar-refractivity contribution in [2.75, 3.05) is 89.7 Å². The van der Waals surface area contributed by atoms with Crippen molar-refractivity contribution < 1.29 is 80.7 Å². The van der Waals surface area contributed by atoms with Gasteiger partial charge >= 0.3 is 18.1 Å². The number of hydrogen-bond donors (Lipinski definition) is 9. The summed E-state index contributed by atoms with van der Waals surface area (Å²) in [5, 5.41) is 26.5. The Kier molecular flexibility index (Phi) is 26.0. The van der Waals surface area contributed by atoms with Gasteiger partial charge in [-0.2, -0.15) is 0 Å². The van der Waals surface area contributed by atoms with Crippen molar-refractivity contribution >= 4 is 69.9 Å². The van der Waals surface area contributed by atoms with Gasteiger partial charge in [0.25, 0.3) is 11.8 Å². The second-order valence-electron chi connectivity index (χ2n) is 20.5. The number of alkyl carbamates (subject to hydrolysis) is 1. The van der Waals surface area contributed by atoms with Gasteiger partial charge in [-0.25, -0.2) is 28.1 Å². The molecule has 0 radical (unpaired) electrons. The first-order chi connectivity index (χ1) is 43.4. The fraction of sp³-hybridized carbons (Fsp3) is 0.355. The minimum Gasteiger partial charge on any atom is -0.490 e. The Morgan fingerprint density at radius 2 is 1.39 bits per heavy atom. The molecule has 0 saturated carbocycles. The van der Waals surface area contributed by atoms with E-state index in [0.717, 1.165) is 11.0 Å². The number of aromatic carboxylic acids is 1. The molecule has 1 unspecified atom stereocenters. The molecular weight excluding hydrogens is 1180 g/mol. The van der Waals surface area contributed by atoms with Crippen LogP contribution in [0.15, 0.2) is 109 Å². The second kappa shape index (κ2) is 34.6. The van der Waals surface area contributed by atoms with Crippen molar-refractivity contribution in [1.29, 1.82) is 0 Å². The molecule has 1 aliphatic rings. The number of carbonyl (C=O) groups excluding carboxylic acids is 7. The Morgan fingerprint density at radius 1 is 0.722 bits per heavy atom. The number of halogens is 2. The number of nitrogens with two attached hydrogens (primary N) is 1. The number of carbonyl (C=O) groups is 8. The van der Waals surface area contributed by atoms with E-state index in [-0.39, 0.29) is 109 Å². The number of rotatable bonds is 37. The first kappa shape index (κ1) is 67.6. The van der Waals surface area contributed by atoms with Crippen molar-refractivity contribution in [2.45, 2.75) is 58.3 Å². The monoisotopic (exact) mass is 1250 g/mol. The molecule has 10 N–H and O–H groups in total. The van der Waals surface area contributed by atoms with Crippen molar-refractivity contribution in [2.24, 2.45) is 11.7 Å². The molecule has 7 rings (SSSR count). The number of imide groups is 1. The zero-order valence-electron chi connectivity index (χ0n) is 49.5. The summed E-state index contributed by atoms with van der Waals surface area (Å²) in [4.78, 5) is 113. The van der Waals surface area contributed by atoms with E-state index < -0.39 is 65.1 Å². The molecule has 2 atom stereocenters. The van der Waals surface area contributed by atoms with Gasteiger partial charge in [-0.15, -0.1) is 0 Å². The number of pyridine rings is 1. The SMILES string of the molecule is CC(C)[C@H](NC(=O)CCOCCOCCOCCOCCN1C(=O)C=CC1=O)C(=O)NC(CCCNC(N)=O)C(=O)Nc1ccc(COC(=O)NCCOc2cnc3ccc(-c4[nH]c(CNc5ccc(F)c(C(=O)O)c5)nc4-c4ccc(F)cc4)cc3c2)cc1. The van der Waals surface area contributed by atoms with Crippen LogP contribution >= 0.6 is 0 Å². The molecule has 0 bridgehead atoms. The highest BCUT2D eigenvalue weighted by Crippen LogP contribution is 2.33. The number of imidazole rings is 1. The Balaban J connectivity index is 0.814. The number of H-pyrrole nitrogens is 1. The van der Waals surface area contributed by atoms with Crippen LogP contribution in [0, 0.1) is 17.6 Å². The van der Waals surface area contributed by atoms with E-state index in [1.165, 1.54) is 36.4 Å². The number of fused-ring (bicyclic) bond motifs is 1. The summed E-state index contributed by atoms with van der Waals surface area (Å²) in [6.07, 6.45) is 3.58. The number of carboxylic acids is 1. The number of urea groups is 1. The van der Waals surface area contributed by atoms with E-state index in [9.17, 15) is 52.2 Å². The molecular formula is C62H71F2N11O15. The van der Waals surface area contributed by atoms with Gasteiger partial charge in [0.1, 0.15) is 48.5 Å². The summed E-state index contributed by atoms with van der Waals surface area (Å²) in [6, 6.07) is 20.5. The number of benzene rings is 4. The number of carboxylic acid groups (broad SMARTS) is 1. The summed E-state index contributed by atoms with van der Waals surface area (Å²) in [6.45, 7) is 5.78. The topological polar surface area (TPSA) is 355 Å². The number of anilines is 2. The number of nitrogens with one attached hydrogen (secondary N) is 7. The molecule has 0 fully saturated rings. The lowest BCUT2D eigenvalue weighted by molar-refractivity contribution is -0.137. The average Bonchev–Trinajstić information content (AvgIpc) is 1.89. The Hall–Kier alpha value is -9.90. The third kappa shape index (κ3) is 21.5. The van der Waals surface area contributed by atoms with E-state index in [0.29, 0.717) is 81.8 Å². The number of nitrogens with zero attached hydrogens (tertiary/aromatic N) is 3. The summed E-state index contributed by atoms with van der Waals surface area (Å²) < 4.78 is 61.2. The number of ether oxygens (including phenoxy) is 6. The van der Waals surface area contributed by atoms with E-state index in [1.807, 2.05) is 18.2 Å². The van der Waals surface area contributed by atoms with Gasteiger partial charge in [0.2, 0.25) is 17.7 Å². The van der Waals surface area contributed by atoms with Crippen LogP contribution in [0.2, 0.25) is 0 Å². The van der Waals surface area contributed by atoms with Crippen LogP contribution in [0.1, 0.15) is 54.9 Å². The highest BCUT2D eigenvalue weighted by Gasteiger charge is 2.29. The fourth-order valence-electron chi connectivity index (χ4n) is 8.86. The van der Waals surface area contributed by atoms with Crippen LogP contribution in [0.3, 0.4) is 0 Å². The standard InChI is InChI=1S/C62H71F2N11O15/c1-38(2)55(74-52(76)19-23-85-26-28-87-30-31-88-29-27-86-25-22-75-53(77)17-18-54(75)78)59(80)71-50(4-3-20-66-61(65)83)58(79)70-44-12-5-39(6-13-44)37-90-62(84)67-21-24-89-46-33-42-32-41(9-16-49(42)69-35-46)57-56(40-7-10-43(63)11-8-40)72-51(73-57)36-68-45-14-15-48(64)47(34-45)60(81)82/h5-18,32-35,38,50,55,68H,3-4,19-31,36-37H2,1-2H3,(H,67,84)(H,70,79)(H,71,80)(H,72,73)(H,74,76)(H,81,82)(H3,65,66,83)/t50?,55-/m0/s1. The summed E-state index contributed by atoms with van der Waals surface area (Å²) in [5.41, 5.74) is 9.17. The number of hydrogen-bond acceptors (Lipinski definition) is 17. The highest BCUT2D eigenvalue weighted by molar-refractivity contribution is 6.12. The lowest BCUT2D eigenvalue weighted by atomic mass is 10.0. The van der Waals surface area contributed by atoms with Gasteiger partial charge in [0.05, 0.1) is 101 Å².